The molecule has 1 unspecified atom stereocenters. The second kappa shape index (κ2) is 5.42. The number of piperidine rings is 1. The summed E-state index contributed by atoms with van der Waals surface area (Å²) in [7, 11) is 0. The fraction of sp³-hybridized carbons (Fsp3) is 0.750. The van der Waals surface area contributed by atoms with E-state index in [-0.39, 0.29) is 11.4 Å². The van der Waals surface area contributed by atoms with Gasteiger partial charge in [-0.1, -0.05) is 32.1 Å². The fourth-order valence-corrected chi connectivity index (χ4v) is 2.68. The molecule has 106 valence electrons. The Balaban J connectivity index is 1.97. The van der Waals surface area contributed by atoms with Crippen molar-refractivity contribution in [3.8, 4) is 0 Å². The van der Waals surface area contributed by atoms with Crippen molar-refractivity contribution >= 4 is 22.5 Å². The first-order valence-electron chi connectivity index (χ1n) is 6.44. The van der Waals surface area contributed by atoms with Gasteiger partial charge in [0.15, 0.2) is 0 Å². The summed E-state index contributed by atoms with van der Waals surface area (Å²) in [5, 5.41) is 21.8. The molecule has 2 rings (SSSR count). The number of aliphatic hydroxyl groups is 1. The molecular weight excluding hydrogens is 264 g/mol. The van der Waals surface area contributed by atoms with E-state index in [9.17, 15) is 9.90 Å². The number of carbonyl (C=O) groups excluding carboxylic acids is 1. The molecule has 1 atom stereocenters. The molecule has 0 spiro atoms. The standard InChI is InChI=1S/C12H20N4O2S/c1-12(2,3)9-14-15-10(19-9)13-11(18)16-6-4-5-8(17)7-16/h8,17H,4-7H2,1-3H3,(H,13,15,18). The smallest absolute Gasteiger partial charge is 0.323 e. The molecule has 0 aliphatic carbocycles. The number of rotatable bonds is 1. The van der Waals surface area contributed by atoms with Crippen LogP contribution in [0.15, 0.2) is 0 Å². The quantitative estimate of drug-likeness (QED) is 0.824. The van der Waals surface area contributed by atoms with Crippen LogP contribution in [0.3, 0.4) is 0 Å². The van der Waals surface area contributed by atoms with Gasteiger partial charge in [0, 0.05) is 18.5 Å². The Bertz CT molecular complexity index is 455. The zero-order valence-electron chi connectivity index (χ0n) is 11.5. The minimum Gasteiger partial charge on any atom is -0.391 e. The van der Waals surface area contributed by atoms with Gasteiger partial charge in [0.2, 0.25) is 5.13 Å². The molecule has 2 heterocycles. The normalized spacial score (nSPS) is 20.4. The largest absolute Gasteiger partial charge is 0.391 e. The first-order valence-corrected chi connectivity index (χ1v) is 7.26. The van der Waals surface area contributed by atoms with Crippen LogP contribution in [0.1, 0.15) is 38.6 Å². The highest BCUT2D eigenvalue weighted by atomic mass is 32.1. The molecule has 0 radical (unpaired) electrons. The lowest BCUT2D eigenvalue weighted by Crippen LogP contribution is -2.44. The van der Waals surface area contributed by atoms with Crippen molar-refractivity contribution in [2.45, 2.75) is 45.1 Å². The van der Waals surface area contributed by atoms with E-state index in [0.717, 1.165) is 17.8 Å². The summed E-state index contributed by atoms with van der Waals surface area (Å²) < 4.78 is 0. The zero-order chi connectivity index (χ0) is 14.0. The minimum atomic E-state index is -0.418. The molecule has 1 aromatic heterocycles. The maximum atomic E-state index is 12.0. The molecule has 0 bridgehead atoms. The number of nitrogens with zero attached hydrogens (tertiary/aromatic N) is 3. The van der Waals surface area contributed by atoms with Gasteiger partial charge in [-0.2, -0.15) is 0 Å². The molecule has 1 fully saturated rings. The fourth-order valence-electron chi connectivity index (χ4n) is 1.89. The molecule has 1 aromatic rings. The first-order chi connectivity index (χ1) is 8.86. The molecule has 2 N–H and O–H groups in total. The van der Waals surface area contributed by atoms with Crippen molar-refractivity contribution in [3.63, 3.8) is 0 Å². The third-order valence-electron chi connectivity index (χ3n) is 2.96. The zero-order valence-corrected chi connectivity index (χ0v) is 12.3. The second-order valence-electron chi connectivity index (χ2n) is 5.83. The van der Waals surface area contributed by atoms with Crippen LogP contribution >= 0.6 is 11.3 Å². The number of aliphatic hydroxyl groups excluding tert-OH is 1. The molecule has 7 heteroatoms. The van der Waals surface area contributed by atoms with Crippen molar-refractivity contribution in [1.29, 1.82) is 0 Å². The van der Waals surface area contributed by atoms with Crippen LogP contribution in [0.2, 0.25) is 0 Å². The van der Waals surface area contributed by atoms with Crippen molar-refractivity contribution in [3.05, 3.63) is 5.01 Å². The third-order valence-corrected chi connectivity index (χ3v) is 4.23. The van der Waals surface area contributed by atoms with Gasteiger partial charge >= 0.3 is 6.03 Å². The van der Waals surface area contributed by atoms with E-state index in [4.69, 9.17) is 0 Å². The Morgan fingerprint density at radius 2 is 2.21 bits per heavy atom. The molecule has 1 aliphatic rings. The summed E-state index contributed by atoms with van der Waals surface area (Å²) in [6.07, 6.45) is 1.17. The number of carbonyl (C=O) groups is 1. The molecular formula is C12H20N4O2S. The molecule has 19 heavy (non-hydrogen) atoms. The number of hydrogen-bond acceptors (Lipinski definition) is 5. The molecule has 0 saturated carbocycles. The van der Waals surface area contributed by atoms with Gasteiger partial charge in [-0.05, 0) is 12.8 Å². The number of nitrogens with one attached hydrogen (secondary N) is 1. The summed E-state index contributed by atoms with van der Waals surface area (Å²) >= 11 is 1.39. The van der Waals surface area contributed by atoms with Crippen molar-refractivity contribution in [1.82, 2.24) is 15.1 Å². The van der Waals surface area contributed by atoms with Gasteiger partial charge in [0.25, 0.3) is 0 Å². The van der Waals surface area contributed by atoms with Gasteiger partial charge in [0.1, 0.15) is 5.01 Å². The number of β-amino-alcohol motifs (C(OH)–C–C–N with tert-alkyl or cyclic N) is 1. The molecule has 6 nitrogen and oxygen atoms in total. The summed E-state index contributed by atoms with van der Waals surface area (Å²) in [5.41, 5.74) is -0.0675. The summed E-state index contributed by atoms with van der Waals surface area (Å²) in [6, 6.07) is -0.213. The van der Waals surface area contributed by atoms with Crippen molar-refractivity contribution < 1.29 is 9.90 Å². The Morgan fingerprint density at radius 1 is 1.47 bits per heavy atom. The van der Waals surface area contributed by atoms with E-state index in [0.29, 0.717) is 18.2 Å². The van der Waals surface area contributed by atoms with Crippen LogP contribution in [-0.4, -0.2) is 45.4 Å². The highest BCUT2D eigenvalue weighted by Gasteiger charge is 2.24. The number of amides is 2. The van der Waals surface area contributed by atoms with Gasteiger partial charge < -0.3 is 10.0 Å². The summed E-state index contributed by atoms with van der Waals surface area (Å²) in [6.45, 7) is 7.23. The Morgan fingerprint density at radius 3 is 2.79 bits per heavy atom. The highest BCUT2D eigenvalue weighted by molar-refractivity contribution is 7.15. The average Bonchev–Trinajstić information content (AvgIpc) is 2.77. The summed E-state index contributed by atoms with van der Waals surface area (Å²) in [5.74, 6) is 0. The lowest BCUT2D eigenvalue weighted by molar-refractivity contribution is 0.0883. The lowest BCUT2D eigenvalue weighted by atomic mass is 9.98. The molecule has 2 amide bonds. The van der Waals surface area contributed by atoms with Crippen LogP contribution in [-0.2, 0) is 5.41 Å². The first kappa shape index (κ1) is 14.2. The van der Waals surface area contributed by atoms with E-state index in [1.807, 2.05) is 0 Å². The number of aromatic nitrogens is 2. The summed E-state index contributed by atoms with van der Waals surface area (Å²) in [4.78, 5) is 13.6. The predicted octanol–water partition coefficient (Wildman–Crippen LogP) is 1.82. The minimum absolute atomic E-state index is 0.0675. The number of likely N-dealkylation sites (tertiary alicyclic amines) is 1. The Kier molecular flexibility index (Phi) is 4.05. The van der Waals surface area contributed by atoms with Gasteiger partial charge in [0.05, 0.1) is 6.10 Å². The van der Waals surface area contributed by atoms with Crippen LogP contribution in [0.5, 0.6) is 0 Å². The molecule has 1 saturated heterocycles. The van der Waals surface area contributed by atoms with Gasteiger partial charge in [-0.3, -0.25) is 5.32 Å². The average molecular weight is 284 g/mol. The van der Waals surface area contributed by atoms with E-state index >= 15 is 0 Å². The van der Waals surface area contributed by atoms with E-state index < -0.39 is 6.10 Å². The maximum absolute atomic E-state index is 12.0. The van der Waals surface area contributed by atoms with Crippen molar-refractivity contribution in [2.75, 3.05) is 18.4 Å². The van der Waals surface area contributed by atoms with E-state index in [2.05, 4.69) is 36.3 Å². The lowest BCUT2D eigenvalue weighted by Gasteiger charge is -2.29. The monoisotopic (exact) mass is 284 g/mol. The van der Waals surface area contributed by atoms with Crippen LogP contribution in [0.4, 0.5) is 9.93 Å². The highest BCUT2D eigenvalue weighted by Crippen LogP contribution is 2.27. The number of urea groups is 1. The molecule has 0 aromatic carbocycles. The van der Waals surface area contributed by atoms with Crippen LogP contribution < -0.4 is 5.32 Å². The number of anilines is 1. The predicted molar refractivity (Wildman–Crippen MR) is 74.4 cm³/mol. The van der Waals surface area contributed by atoms with Crippen LogP contribution in [0.25, 0.3) is 0 Å². The van der Waals surface area contributed by atoms with Crippen LogP contribution in [0, 0.1) is 0 Å². The number of hydrogen-bond donors (Lipinski definition) is 2. The third kappa shape index (κ3) is 3.63. The SMILES string of the molecule is CC(C)(C)c1nnc(NC(=O)N2CCCC(O)C2)s1. The topological polar surface area (TPSA) is 78.4 Å². The van der Waals surface area contributed by atoms with Crippen molar-refractivity contribution in [2.24, 2.45) is 0 Å². The Labute approximate surface area is 116 Å². The van der Waals surface area contributed by atoms with Gasteiger partial charge in [-0.25, -0.2) is 4.79 Å². The van der Waals surface area contributed by atoms with E-state index in [1.54, 1.807) is 4.90 Å². The van der Waals surface area contributed by atoms with Gasteiger partial charge in [-0.15, -0.1) is 10.2 Å². The van der Waals surface area contributed by atoms with E-state index in [1.165, 1.54) is 11.3 Å². The Hall–Kier alpha value is -1.21. The second-order valence-corrected chi connectivity index (χ2v) is 6.81. The molecule has 1 aliphatic heterocycles. The maximum Gasteiger partial charge on any atom is 0.323 e.